The van der Waals surface area contributed by atoms with Crippen LogP contribution in [0.2, 0.25) is 5.02 Å². The number of aliphatic hydroxyl groups is 1. The van der Waals surface area contributed by atoms with Crippen molar-refractivity contribution in [1.82, 2.24) is 10.6 Å². The third-order valence-electron chi connectivity index (χ3n) is 2.90. The lowest BCUT2D eigenvalue weighted by atomic mass is 10.0. The number of benzene rings is 1. The van der Waals surface area contributed by atoms with Crippen LogP contribution in [0.4, 0.5) is 4.79 Å². The third-order valence-corrected chi connectivity index (χ3v) is 3.14. The van der Waals surface area contributed by atoms with E-state index in [1.807, 2.05) is 32.0 Å². The van der Waals surface area contributed by atoms with Gasteiger partial charge in [-0.2, -0.15) is 0 Å². The Labute approximate surface area is 119 Å². The van der Waals surface area contributed by atoms with Crippen molar-refractivity contribution in [2.45, 2.75) is 32.9 Å². The van der Waals surface area contributed by atoms with Crippen LogP contribution in [-0.2, 0) is 6.54 Å². The largest absolute Gasteiger partial charge is 0.396 e. The number of hydrogen-bond acceptors (Lipinski definition) is 2. The molecular formula is C14H21ClN2O2. The van der Waals surface area contributed by atoms with Crippen molar-refractivity contribution in [2.24, 2.45) is 5.92 Å². The molecule has 1 rings (SSSR count). The minimum atomic E-state index is -0.230. The molecule has 1 aromatic rings. The number of urea groups is 1. The summed E-state index contributed by atoms with van der Waals surface area (Å²) in [5, 5.41) is 15.2. The molecule has 5 heteroatoms. The van der Waals surface area contributed by atoms with Gasteiger partial charge in [-0.25, -0.2) is 4.79 Å². The molecule has 2 amide bonds. The zero-order chi connectivity index (χ0) is 14.3. The average molecular weight is 285 g/mol. The fraction of sp³-hybridized carbons (Fsp3) is 0.500. The van der Waals surface area contributed by atoms with E-state index >= 15 is 0 Å². The lowest BCUT2D eigenvalue weighted by molar-refractivity contribution is 0.218. The van der Waals surface area contributed by atoms with Gasteiger partial charge < -0.3 is 15.7 Å². The number of carbonyl (C=O) groups excluding carboxylic acids is 1. The molecule has 0 unspecified atom stereocenters. The van der Waals surface area contributed by atoms with E-state index in [-0.39, 0.29) is 24.6 Å². The van der Waals surface area contributed by atoms with Gasteiger partial charge in [-0.1, -0.05) is 37.6 Å². The number of hydrogen-bond donors (Lipinski definition) is 3. The van der Waals surface area contributed by atoms with Gasteiger partial charge in [-0.3, -0.25) is 0 Å². The van der Waals surface area contributed by atoms with Gasteiger partial charge >= 0.3 is 6.03 Å². The zero-order valence-corrected chi connectivity index (χ0v) is 12.1. The van der Waals surface area contributed by atoms with E-state index in [0.717, 1.165) is 5.56 Å². The molecular weight excluding hydrogens is 264 g/mol. The number of halogens is 1. The van der Waals surface area contributed by atoms with Crippen molar-refractivity contribution >= 4 is 17.6 Å². The quantitative estimate of drug-likeness (QED) is 0.752. The van der Waals surface area contributed by atoms with Crippen LogP contribution in [0.3, 0.4) is 0 Å². The summed E-state index contributed by atoms with van der Waals surface area (Å²) >= 11 is 5.87. The van der Waals surface area contributed by atoms with Crippen LogP contribution in [0.25, 0.3) is 0 Å². The third kappa shape index (κ3) is 5.94. The maximum Gasteiger partial charge on any atom is 0.315 e. The van der Waals surface area contributed by atoms with Crippen molar-refractivity contribution in [3.63, 3.8) is 0 Å². The molecule has 1 atom stereocenters. The second kappa shape index (κ2) is 8.02. The zero-order valence-electron chi connectivity index (χ0n) is 11.3. The Hall–Kier alpha value is -1.26. The number of amides is 2. The smallest absolute Gasteiger partial charge is 0.315 e. The first kappa shape index (κ1) is 15.8. The van der Waals surface area contributed by atoms with Crippen molar-refractivity contribution in [2.75, 3.05) is 6.61 Å². The van der Waals surface area contributed by atoms with Gasteiger partial charge in [0.1, 0.15) is 0 Å². The molecule has 3 N–H and O–H groups in total. The summed E-state index contributed by atoms with van der Waals surface area (Å²) in [5.41, 5.74) is 0.950. The first-order valence-electron chi connectivity index (χ1n) is 6.42. The maximum absolute atomic E-state index is 11.8. The highest BCUT2D eigenvalue weighted by Crippen LogP contribution is 2.10. The molecule has 0 fully saturated rings. The van der Waals surface area contributed by atoms with Crippen LogP contribution >= 0.6 is 11.6 Å². The molecule has 0 aliphatic rings. The summed E-state index contributed by atoms with van der Waals surface area (Å²) in [6.07, 6.45) is 0.558. The Morgan fingerprint density at radius 3 is 2.74 bits per heavy atom. The first-order chi connectivity index (χ1) is 9.02. The second-order valence-electron chi connectivity index (χ2n) is 4.82. The van der Waals surface area contributed by atoms with Crippen molar-refractivity contribution < 1.29 is 9.90 Å². The van der Waals surface area contributed by atoms with E-state index in [4.69, 9.17) is 16.7 Å². The first-order valence-corrected chi connectivity index (χ1v) is 6.80. The molecule has 1 aromatic carbocycles. The monoisotopic (exact) mass is 284 g/mol. The summed E-state index contributed by atoms with van der Waals surface area (Å²) in [5.74, 6) is 0.282. The molecule has 4 nitrogen and oxygen atoms in total. The van der Waals surface area contributed by atoms with Gasteiger partial charge in [0.05, 0.1) is 0 Å². The van der Waals surface area contributed by atoms with Crippen molar-refractivity contribution in [3.05, 3.63) is 34.9 Å². The van der Waals surface area contributed by atoms with Crippen LogP contribution in [0.1, 0.15) is 25.8 Å². The normalized spacial score (nSPS) is 12.3. The lowest BCUT2D eigenvalue weighted by Crippen LogP contribution is -2.44. The molecule has 0 aliphatic carbocycles. The topological polar surface area (TPSA) is 61.4 Å². The van der Waals surface area contributed by atoms with E-state index in [1.165, 1.54) is 0 Å². The Morgan fingerprint density at radius 1 is 1.42 bits per heavy atom. The summed E-state index contributed by atoms with van der Waals surface area (Å²) in [6, 6.07) is 7.10. The predicted molar refractivity (Wildman–Crippen MR) is 77.2 cm³/mol. The number of carbonyl (C=O) groups is 1. The molecule has 0 spiro atoms. The minimum Gasteiger partial charge on any atom is -0.396 e. The van der Waals surface area contributed by atoms with E-state index in [0.29, 0.717) is 18.0 Å². The van der Waals surface area contributed by atoms with Crippen LogP contribution in [0.5, 0.6) is 0 Å². The van der Waals surface area contributed by atoms with Gasteiger partial charge in [0.15, 0.2) is 0 Å². The highest BCUT2D eigenvalue weighted by Gasteiger charge is 2.15. The molecule has 0 saturated carbocycles. The van der Waals surface area contributed by atoms with E-state index in [2.05, 4.69) is 10.6 Å². The number of aliphatic hydroxyl groups excluding tert-OH is 1. The molecule has 0 bridgehead atoms. The van der Waals surface area contributed by atoms with Crippen molar-refractivity contribution in [1.29, 1.82) is 0 Å². The van der Waals surface area contributed by atoms with E-state index in [9.17, 15) is 4.79 Å². The van der Waals surface area contributed by atoms with E-state index in [1.54, 1.807) is 6.07 Å². The molecule has 0 saturated heterocycles. The lowest BCUT2D eigenvalue weighted by Gasteiger charge is -2.21. The fourth-order valence-corrected chi connectivity index (χ4v) is 1.97. The summed E-state index contributed by atoms with van der Waals surface area (Å²) in [7, 11) is 0. The molecule has 106 valence electrons. The second-order valence-corrected chi connectivity index (χ2v) is 5.26. The minimum absolute atomic E-state index is 0.0237. The summed E-state index contributed by atoms with van der Waals surface area (Å²) < 4.78 is 0. The Kier molecular flexibility index (Phi) is 6.67. The molecule has 19 heavy (non-hydrogen) atoms. The number of nitrogens with one attached hydrogen (secondary N) is 2. The SMILES string of the molecule is CC(C)[C@@H](CCO)NC(=O)NCc1cccc(Cl)c1. The Bertz CT molecular complexity index is 410. The summed E-state index contributed by atoms with van der Waals surface area (Å²) in [4.78, 5) is 11.8. The molecule has 0 heterocycles. The van der Waals surface area contributed by atoms with Crippen molar-refractivity contribution in [3.8, 4) is 0 Å². The molecule has 0 radical (unpaired) electrons. The van der Waals surface area contributed by atoms with Crippen LogP contribution in [-0.4, -0.2) is 23.8 Å². The highest BCUT2D eigenvalue weighted by molar-refractivity contribution is 6.30. The predicted octanol–water partition coefficient (Wildman–Crippen LogP) is 2.55. The maximum atomic E-state index is 11.8. The summed E-state index contributed by atoms with van der Waals surface area (Å²) in [6.45, 7) is 4.52. The molecule has 0 aliphatic heterocycles. The van der Waals surface area contributed by atoms with Gasteiger partial charge in [0.2, 0.25) is 0 Å². The standard InChI is InChI=1S/C14H21ClN2O2/c1-10(2)13(6-7-18)17-14(19)16-9-11-4-3-5-12(15)8-11/h3-5,8,10,13,18H,6-7,9H2,1-2H3,(H2,16,17,19)/t13-/m1/s1. The van der Waals surface area contributed by atoms with Gasteiger partial charge in [0, 0.05) is 24.2 Å². The fourth-order valence-electron chi connectivity index (χ4n) is 1.76. The van der Waals surface area contributed by atoms with Gasteiger partial charge in [0.25, 0.3) is 0 Å². The van der Waals surface area contributed by atoms with Crippen LogP contribution < -0.4 is 10.6 Å². The van der Waals surface area contributed by atoms with Gasteiger partial charge in [-0.15, -0.1) is 0 Å². The van der Waals surface area contributed by atoms with Crippen LogP contribution in [0, 0.1) is 5.92 Å². The number of rotatable bonds is 6. The van der Waals surface area contributed by atoms with Crippen LogP contribution in [0.15, 0.2) is 24.3 Å². The van der Waals surface area contributed by atoms with Gasteiger partial charge in [-0.05, 0) is 30.0 Å². The highest BCUT2D eigenvalue weighted by atomic mass is 35.5. The Balaban J connectivity index is 2.42. The van der Waals surface area contributed by atoms with E-state index < -0.39 is 0 Å². The average Bonchev–Trinajstić information content (AvgIpc) is 2.36. The Morgan fingerprint density at radius 2 is 2.16 bits per heavy atom. The molecule has 0 aromatic heterocycles.